The van der Waals surface area contributed by atoms with E-state index in [1.807, 2.05) is 11.0 Å². The number of likely N-dealkylation sites (tertiary alicyclic amines) is 1. The summed E-state index contributed by atoms with van der Waals surface area (Å²) in [5.41, 5.74) is 3.73. The van der Waals surface area contributed by atoms with Gasteiger partial charge in [0.25, 0.3) is 0 Å². The molecule has 2 aliphatic heterocycles. The van der Waals surface area contributed by atoms with Crippen LogP contribution in [0.25, 0.3) is 0 Å². The first-order chi connectivity index (χ1) is 18.6. The second-order valence-corrected chi connectivity index (χ2v) is 10.5. The summed E-state index contributed by atoms with van der Waals surface area (Å²) in [6, 6.07) is 15.5. The summed E-state index contributed by atoms with van der Waals surface area (Å²) in [5, 5.41) is 0. The average Bonchev–Trinajstić information content (AvgIpc) is 3.28. The van der Waals surface area contributed by atoms with Gasteiger partial charge in [0.1, 0.15) is 12.1 Å². The Labute approximate surface area is 222 Å². The summed E-state index contributed by atoms with van der Waals surface area (Å²) in [5.74, 6) is 1.43. The molecule has 0 spiro atoms. The minimum Gasteiger partial charge on any atom is -0.469 e. The molecule has 1 aliphatic carbocycles. The van der Waals surface area contributed by atoms with Crippen molar-refractivity contribution in [1.82, 2.24) is 4.90 Å². The van der Waals surface area contributed by atoms with Crippen molar-refractivity contribution in [2.45, 2.75) is 19.9 Å². The van der Waals surface area contributed by atoms with E-state index in [4.69, 9.17) is 13.9 Å². The summed E-state index contributed by atoms with van der Waals surface area (Å²) in [7, 11) is 0. The van der Waals surface area contributed by atoms with Gasteiger partial charge in [-0.15, -0.1) is 0 Å². The molecule has 0 N–H and O–H groups in total. The van der Waals surface area contributed by atoms with Crippen LogP contribution in [0.3, 0.4) is 0 Å². The summed E-state index contributed by atoms with van der Waals surface area (Å²) in [6.45, 7) is 8.10. The van der Waals surface area contributed by atoms with Crippen LogP contribution in [0.1, 0.15) is 18.1 Å². The molecule has 38 heavy (non-hydrogen) atoms. The van der Waals surface area contributed by atoms with Crippen LogP contribution in [0.15, 0.2) is 65.5 Å². The standard InChI is InChI=1S/C30H34FN3O4/c1-2-21-3-5-22(6-4-21)16-32-17-25-26(18-32)27(25)19-34(30(35)38-24-9-12-37-20-24)23-7-8-29(28(31)15-23)33-10-13-36-14-11-33/h3-9,12,15,20,25-27H,2,10-11,13-14,16-19H2,1H3. The van der Waals surface area contributed by atoms with E-state index >= 15 is 4.39 Å². The molecule has 1 saturated carbocycles. The van der Waals surface area contributed by atoms with Crippen LogP contribution in [-0.4, -0.2) is 56.9 Å². The highest BCUT2D eigenvalue weighted by Crippen LogP contribution is 2.52. The topological polar surface area (TPSA) is 58.4 Å². The molecule has 3 aromatic rings. The molecule has 2 aromatic carbocycles. The maximum atomic E-state index is 15.2. The van der Waals surface area contributed by atoms with Crippen molar-refractivity contribution in [2.75, 3.05) is 55.7 Å². The Balaban J connectivity index is 1.13. The summed E-state index contributed by atoms with van der Waals surface area (Å²) in [4.78, 5) is 19.3. The number of ether oxygens (including phenoxy) is 2. The van der Waals surface area contributed by atoms with Gasteiger partial charge in [0.05, 0.1) is 30.9 Å². The Hall–Kier alpha value is -3.36. The van der Waals surface area contributed by atoms with E-state index in [0.717, 1.165) is 26.1 Å². The van der Waals surface area contributed by atoms with Crippen LogP contribution < -0.4 is 14.5 Å². The molecule has 3 fully saturated rings. The Morgan fingerprint density at radius 2 is 1.79 bits per heavy atom. The highest BCUT2D eigenvalue weighted by Gasteiger charge is 2.56. The maximum absolute atomic E-state index is 15.2. The van der Waals surface area contributed by atoms with E-state index in [0.29, 0.717) is 67.7 Å². The number of nitrogens with zero attached hydrogens (tertiary/aromatic N) is 3. The lowest BCUT2D eigenvalue weighted by Crippen LogP contribution is -2.38. The third kappa shape index (κ3) is 5.28. The van der Waals surface area contributed by atoms with Gasteiger partial charge in [-0.2, -0.15) is 0 Å². The lowest BCUT2D eigenvalue weighted by Gasteiger charge is -2.30. The van der Waals surface area contributed by atoms with E-state index in [1.165, 1.54) is 29.7 Å². The first-order valence-electron chi connectivity index (χ1n) is 13.5. The number of hydrogen-bond donors (Lipinski definition) is 0. The van der Waals surface area contributed by atoms with Crippen LogP contribution in [-0.2, 0) is 17.7 Å². The number of furan rings is 1. The molecule has 6 rings (SSSR count). The van der Waals surface area contributed by atoms with E-state index in [9.17, 15) is 4.79 Å². The van der Waals surface area contributed by atoms with E-state index in [2.05, 4.69) is 36.1 Å². The zero-order valence-corrected chi connectivity index (χ0v) is 21.7. The van der Waals surface area contributed by atoms with E-state index < -0.39 is 6.09 Å². The molecular weight excluding hydrogens is 485 g/mol. The van der Waals surface area contributed by atoms with Crippen molar-refractivity contribution < 1.29 is 23.1 Å². The van der Waals surface area contributed by atoms with Crippen molar-refractivity contribution in [3.05, 3.63) is 78.0 Å². The van der Waals surface area contributed by atoms with Crippen molar-refractivity contribution in [3.63, 3.8) is 0 Å². The number of benzene rings is 2. The normalized spacial score (nSPS) is 22.8. The lowest BCUT2D eigenvalue weighted by atomic mass is 10.1. The van der Waals surface area contributed by atoms with Crippen molar-refractivity contribution >= 4 is 17.5 Å². The van der Waals surface area contributed by atoms with Crippen LogP contribution >= 0.6 is 0 Å². The number of hydrogen-bond acceptors (Lipinski definition) is 6. The van der Waals surface area contributed by atoms with Gasteiger partial charge in [-0.3, -0.25) is 9.80 Å². The van der Waals surface area contributed by atoms with Crippen LogP contribution in [0.5, 0.6) is 5.75 Å². The van der Waals surface area contributed by atoms with Gasteiger partial charge in [-0.25, -0.2) is 9.18 Å². The first kappa shape index (κ1) is 24.9. The summed E-state index contributed by atoms with van der Waals surface area (Å²) < 4.78 is 31.3. The minimum absolute atomic E-state index is 0.335. The van der Waals surface area contributed by atoms with Crippen molar-refractivity contribution in [1.29, 1.82) is 0 Å². The minimum atomic E-state index is -0.525. The number of carbonyl (C=O) groups excluding carboxylic acids is 1. The number of anilines is 2. The molecule has 8 heteroatoms. The van der Waals surface area contributed by atoms with Crippen LogP contribution in [0.2, 0.25) is 0 Å². The quantitative estimate of drug-likeness (QED) is 0.408. The Kier molecular flexibility index (Phi) is 7.08. The SMILES string of the molecule is CCc1ccc(CN2CC3C(C2)C3CN(C(=O)Oc2ccoc2)c2ccc(N3CCOCC3)c(F)c2)cc1. The second-order valence-electron chi connectivity index (χ2n) is 10.5. The fourth-order valence-corrected chi connectivity index (χ4v) is 5.96. The molecule has 0 radical (unpaired) electrons. The summed E-state index contributed by atoms with van der Waals surface area (Å²) in [6.07, 6.45) is 3.37. The van der Waals surface area contributed by atoms with Crippen LogP contribution in [0.4, 0.5) is 20.6 Å². The number of piperidine rings is 1. The fraction of sp³-hybridized carbons (Fsp3) is 0.433. The number of rotatable bonds is 8. The van der Waals surface area contributed by atoms with Gasteiger partial charge >= 0.3 is 6.09 Å². The van der Waals surface area contributed by atoms with Crippen molar-refractivity contribution in [3.8, 4) is 5.75 Å². The molecule has 0 bridgehead atoms. The molecule has 3 aliphatic rings. The molecule has 2 unspecified atom stereocenters. The largest absolute Gasteiger partial charge is 0.469 e. The van der Waals surface area contributed by atoms with Gasteiger partial charge in [0.15, 0.2) is 5.75 Å². The molecule has 2 atom stereocenters. The number of morpholine rings is 1. The molecule has 3 heterocycles. The average molecular weight is 520 g/mol. The van der Waals surface area contributed by atoms with Gasteiger partial charge in [0.2, 0.25) is 0 Å². The maximum Gasteiger partial charge on any atom is 0.419 e. The van der Waals surface area contributed by atoms with Crippen molar-refractivity contribution in [2.24, 2.45) is 17.8 Å². The van der Waals surface area contributed by atoms with Gasteiger partial charge in [0, 0.05) is 45.3 Å². The monoisotopic (exact) mass is 519 g/mol. The number of fused-ring (bicyclic) bond motifs is 1. The van der Waals surface area contributed by atoms with Gasteiger partial charge in [-0.05, 0) is 53.5 Å². The molecular formula is C30H34FN3O4. The smallest absolute Gasteiger partial charge is 0.419 e. The number of halogens is 1. The number of amides is 1. The number of aryl methyl sites for hydroxylation is 1. The number of carbonyl (C=O) groups is 1. The lowest BCUT2D eigenvalue weighted by molar-refractivity contribution is 0.122. The summed E-state index contributed by atoms with van der Waals surface area (Å²) >= 11 is 0. The Bertz CT molecular complexity index is 1230. The van der Waals surface area contributed by atoms with Gasteiger partial charge in [-0.1, -0.05) is 31.2 Å². The molecule has 200 valence electrons. The second kappa shape index (κ2) is 10.8. The van der Waals surface area contributed by atoms with Crippen LogP contribution in [0, 0.1) is 23.6 Å². The third-order valence-electron chi connectivity index (χ3n) is 8.19. The molecule has 7 nitrogen and oxygen atoms in total. The van der Waals surface area contributed by atoms with Gasteiger partial charge < -0.3 is 18.8 Å². The Morgan fingerprint density at radius 3 is 2.45 bits per heavy atom. The molecule has 1 aromatic heterocycles. The Morgan fingerprint density at radius 1 is 1.05 bits per heavy atom. The zero-order valence-electron chi connectivity index (χ0n) is 21.7. The zero-order chi connectivity index (χ0) is 26.1. The fourth-order valence-electron chi connectivity index (χ4n) is 5.96. The van der Waals surface area contributed by atoms with E-state index in [-0.39, 0.29) is 5.82 Å². The van der Waals surface area contributed by atoms with E-state index in [1.54, 1.807) is 17.0 Å². The predicted molar refractivity (Wildman–Crippen MR) is 143 cm³/mol. The third-order valence-corrected chi connectivity index (χ3v) is 8.19. The first-order valence-corrected chi connectivity index (χ1v) is 13.5. The highest BCUT2D eigenvalue weighted by molar-refractivity contribution is 5.89. The molecule has 2 saturated heterocycles. The highest BCUT2D eigenvalue weighted by atomic mass is 19.1. The molecule has 1 amide bonds. The predicted octanol–water partition coefficient (Wildman–Crippen LogP) is 5.20.